The van der Waals surface area contributed by atoms with E-state index >= 15 is 0 Å². The van der Waals surface area contributed by atoms with E-state index in [1.54, 1.807) is 0 Å². The molecule has 0 aliphatic rings. The molecule has 0 saturated carbocycles. The van der Waals surface area contributed by atoms with E-state index in [1.807, 2.05) is 0 Å². The molecule has 0 aliphatic carbocycles. The molecule has 0 spiro atoms. The Bertz CT molecular complexity index is 3.61. The van der Waals surface area contributed by atoms with Crippen molar-refractivity contribution in [3.05, 3.63) is 0 Å². The molecule has 0 fully saturated rings. The smallest absolute Gasteiger partial charge is 0.412 e. The van der Waals surface area contributed by atoms with Crippen molar-refractivity contribution in [2.24, 2.45) is 0 Å². The van der Waals surface area contributed by atoms with Crippen LogP contribution in [0.5, 0.6) is 0 Å². The maximum atomic E-state index is 0. The zero-order valence-corrected chi connectivity index (χ0v) is 3.37. The van der Waals surface area contributed by atoms with E-state index < -0.39 is 0 Å². The molecule has 0 rings (SSSR count). The molecule has 4 nitrogen and oxygen atoms in total. The number of hydrogen-bond donors (Lipinski definition) is 0. The van der Waals surface area contributed by atoms with Gasteiger partial charge in [-0.05, 0) is 0 Å². The Hall–Kier alpha value is 0.346. The predicted molar refractivity (Wildman–Crippen MR) is 14.5 cm³/mol. The van der Waals surface area contributed by atoms with E-state index in [1.165, 1.54) is 0 Å². The van der Waals surface area contributed by atoms with Gasteiger partial charge in [0.2, 0.25) is 0 Å². The second kappa shape index (κ2) is 405. The molecular formula is H8CoO4+2. The molecule has 0 aliphatic heterocycles. The van der Waals surface area contributed by atoms with E-state index in [0.717, 1.165) is 0 Å². The Morgan fingerprint density at radius 2 is 0.400 bits per heavy atom. The average Bonchev–Trinajstić information content (AvgIpc) is 0. The summed E-state index contributed by atoms with van der Waals surface area (Å²) in [6.45, 7) is 0. The van der Waals surface area contributed by atoms with Gasteiger partial charge in [0.1, 0.15) is 0 Å². The topological polar surface area (TPSA) is 126 Å². The standard InChI is InChI=1S/Co.4H2O/h;4*1H2/q+2;;;;. The maximum absolute atomic E-state index is 0. The quantitative estimate of drug-likeness (QED) is 0.326. The summed E-state index contributed by atoms with van der Waals surface area (Å²) in [5, 5.41) is 0. The maximum Gasteiger partial charge on any atom is 2.00 e. The van der Waals surface area contributed by atoms with Crippen LogP contribution >= 0.6 is 0 Å². The summed E-state index contributed by atoms with van der Waals surface area (Å²) in [6, 6.07) is 0. The Morgan fingerprint density at radius 3 is 0.400 bits per heavy atom. The molecule has 39 valence electrons. The molecule has 1 radical (unpaired) electrons. The third-order valence-corrected chi connectivity index (χ3v) is 0. The van der Waals surface area contributed by atoms with Gasteiger partial charge in [-0.2, -0.15) is 0 Å². The van der Waals surface area contributed by atoms with Gasteiger partial charge in [0.15, 0.2) is 0 Å². The third kappa shape index (κ3) is 199. The van der Waals surface area contributed by atoms with Crippen molar-refractivity contribution < 1.29 is 38.7 Å². The Kier molecular flexibility index (Phi) is 68200. The van der Waals surface area contributed by atoms with E-state index in [4.69, 9.17) is 0 Å². The van der Waals surface area contributed by atoms with E-state index in [-0.39, 0.29) is 38.7 Å². The summed E-state index contributed by atoms with van der Waals surface area (Å²) in [7, 11) is 0. The second-order valence-corrected chi connectivity index (χ2v) is 0. The van der Waals surface area contributed by atoms with Crippen LogP contribution in [0.4, 0.5) is 0 Å². The van der Waals surface area contributed by atoms with Gasteiger partial charge in [0.25, 0.3) is 0 Å². The summed E-state index contributed by atoms with van der Waals surface area (Å²) in [5.41, 5.74) is 0. The van der Waals surface area contributed by atoms with Gasteiger partial charge in [0, 0.05) is 0 Å². The van der Waals surface area contributed by atoms with Crippen LogP contribution in [-0.2, 0) is 16.8 Å². The van der Waals surface area contributed by atoms with E-state index in [2.05, 4.69) is 0 Å². The summed E-state index contributed by atoms with van der Waals surface area (Å²) in [6.07, 6.45) is 0. The molecule has 0 heterocycles. The van der Waals surface area contributed by atoms with Gasteiger partial charge < -0.3 is 21.9 Å². The van der Waals surface area contributed by atoms with Gasteiger partial charge in [-0.1, -0.05) is 0 Å². The molecule has 0 saturated heterocycles. The van der Waals surface area contributed by atoms with Gasteiger partial charge >= 0.3 is 16.8 Å². The molecule has 0 amide bonds. The molecule has 0 aromatic rings. The molecule has 0 atom stereocenters. The summed E-state index contributed by atoms with van der Waals surface area (Å²) in [4.78, 5) is 0. The fraction of sp³-hybridized carbons (Fsp3) is 0. The van der Waals surface area contributed by atoms with Gasteiger partial charge in [0.05, 0.1) is 0 Å². The van der Waals surface area contributed by atoms with Crippen molar-refractivity contribution in [1.29, 1.82) is 0 Å². The molecular weight excluding hydrogens is 123 g/mol. The molecule has 0 bridgehead atoms. The van der Waals surface area contributed by atoms with E-state index in [9.17, 15) is 0 Å². The Balaban J connectivity index is 0. The second-order valence-electron chi connectivity index (χ2n) is 0. The largest absolute Gasteiger partial charge is 2.00 e. The average molecular weight is 131 g/mol. The zero-order chi connectivity index (χ0) is 0. The first kappa shape index (κ1) is 841. The molecule has 8 N–H and O–H groups in total. The van der Waals surface area contributed by atoms with Crippen LogP contribution < -0.4 is 0 Å². The summed E-state index contributed by atoms with van der Waals surface area (Å²) < 4.78 is 0. The summed E-state index contributed by atoms with van der Waals surface area (Å²) in [5.74, 6) is 0. The molecule has 5 heavy (non-hydrogen) atoms. The Morgan fingerprint density at radius 1 is 0.400 bits per heavy atom. The van der Waals surface area contributed by atoms with Crippen LogP contribution in [0.1, 0.15) is 0 Å². The third-order valence-electron chi connectivity index (χ3n) is 0. The number of rotatable bonds is 0. The van der Waals surface area contributed by atoms with Gasteiger partial charge in [-0.15, -0.1) is 0 Å². The minimum Gasteiger partial charge on any atom is -0.412 e. The van der Waals surface area contributed by atoms with E-state index in [0.29, 0.717) is 0 Å². The normalized spacial score (nSPS) is 0. The fourth-order valence-electron chi connectivity index (χ4n) is 0. The van der Waals surface area contributed by atoms with Gasteiger partial charge in [-0.3, -0.25) is 0 Å². The van der Waals surface area contributed by atoms with Crippen molar-refractivity contribution in [3.8, 4) is 0 Å². The van der Waals surface area contributed by atoms with Crippen molar-refractivity contribution in [1.82, 2.24) is 0 Å². The van der Waals surface area contributed by atoms with Crippen LogP contribution in [0, 0.1) is 0 Å². The summed E-state index contributed by atoms with van der Waals surface area (Å²) >= 11 is 0. The van der Waals surface area contributed by atoms with Crippen molar-refractivity contribution in [2.45, 2.75) is 0 Å². The monoisotopic (exact) mass is 131 g/mol. The van der Waals surface area contributed by atoms with Crippen LogP contribution in [-0.4, -0.2) is 21.9 Å². The van der Waals surface area contributed by atoms with Gasteiger partial charge in [-0.25, -0.2) is 0 Å². The van der Waals surface area contributed by atoms with Crippen LogP contribution in [0.2, 0.25) is 0 Å². The fourth-order valence-corrected chi connectivity index (χ4v) is 0. The SMILES string of the molecule is O.O.O.O.[Co+2]. The molecule has 0 unspecified atom stereocenters. The van der Waals surface area contributed by atoms with Crippen molar-refractivity contribution >= 4 is 0 Å². The first-order valence-electron chi connectivity index (χ1n) is 0. The molecule has 5 heteroatoms. The van der Waals surface area contributed by atoms with Crippen molar-refractivity contribution in [3.63, 3.8) is 0 Å². The molecule has 0 aromatic heterocycles. The molecule has 0 aromatic carbocycles. The minimum absolute atomic E-state index is 0. The Labute approximate surface area is 39.6 Å². The number of hydrogen-bond acceptors (Lipinski definition) is 0. The predicted octanol–water partition coefficient (Wildman–Crippen LogP) is -3.30. The zero-order valence-electron chi connectivity index (χ0n) is 2.33. The van der Waals surface area contributed by atoms with Crippen LogP contribution in [0.25, 0.3) is 0 Å². The van der Waals surface area contributed by atoms with Crippen LogP contribution in [0.3, 0.4) is 0 Å². The minimum atomic E-state index is 0. The van der Waals surface area contributed by atoms with Crippen molar-refractivity contribution in [2.75, 3.05) is 0 Å². The van der Waals surface area contributed by atoms with Crippen LogP contribution in [0.15, 0.2) is 0 Å². The first-order valence-corrected chi connectivity index (χ1v) is 0. The first-order chi connectivity index (χ1) is 0.